The first-order valence-corrected chi connectivity index (χ1v) is 7.13. The fraction of sp³-hybridized carbons (Fsp3) is 0.500. The van der Waals surface area contributed by atoms with Crippen molar-refractivity contribution in [1.82, 2.24) is 5.43 Å². The lowest BCUT2D eigenvalue weighted by atomic mass is 9.70. The summed E-state index contributed by atoms with van der Waals surface area (Å²) in [5.41, 5.74) is 5.26. The smallest absolute Gasteiger partial charge is 0.252 e. The lowest BCUT2D eigenvalue weighted by Crippen LogP contribution is -2.48. The van der Waals surface area contributed by atoms with E-state index in [1.54, 1.807) is 0 Å². The van der Waals surface area contributed by atoms with Crippen LogP contribution in [0, 0.1) is 16.7 Å². The van der Waals surface area contributed by atoms with Crippen molar-refractivity contribution in [3.05, 3.63) is 30.3 Å². The molecule has 0 radical (unpaired) electrons. The molecule has 2 unspecified atom stereocenters. The fourth-order valence-corrected chi connectivity index (χ4v) is 3.75. The van der Waals surface area contributed by atoms with Gasteiger partial charge < -0.3 is 0 Å². The largest absolute Gasteiger partial charge is 0.299 e. The van der Waals surface area contributed by atoms with Gasteiger partial charge in [-0.2, -0.15) is 0 Å². The Morgan fingerprint density at radius 3 is 2.55 bits per heavy atom. The van der Waals surface area contributed by atoms with Crippen molar-refractivity contribution in [2.24, 2.45) is 16.7 Å². The number of rotatable bonds is 3. The number of fused-ring (bicyclic) bond motifs is 2. The van der Waals surface area contributed by atoms with Gasteiger partial charge >= 0.3 is 0 Å². The van der Waals surface area contributed by atoms with E-state index in [4.69, 9.17) is 0 Å². The summed E-state index contributed by atoms with van der Waals surface area (Å²) in [5, 5.41) is 0. The zero-order valence-corrected chi connectivity index (χ0v) is 11.9. The van der Waals surface area contributed by atoms with E-state index < -0.39 is 5.41 Å². The first-order chi connectivity index (χ1) is 9.47. The minimum Gasteiger partial charge on any atom is -0.299 e. The molecule has 2 saturated carbocycles. The molecule has 2 aliphatic carbocycles. The van der Waals surface area contributed by atoms with Gasteiger partial charge in [0.2, 0.25) is 0 Å². The highest BCUT2D eigenvalue weighted by atomic mass is 16.2. The quantitative estimate of drug-likeness (QED) is 0.656. The summed E-state index contributed by atoms with van der Waals surface area (Å²) in [6.07, 6.45) is 2.35. The number of hydrogen-bond donors (Lipinski definition) is 2. The van der Waals surface area contributed by atoms with Gasteiger partial charge in [-0.15, -0.1) is 0 Å². The molecule has 0 saturated heterocycles. The van der Waals surface area contributed by atoms with E-state index in [0.29, 0.717) is 18.8 Å². The van der Waals surface area contributed by atoms with Crippen molar-refractivity contribution in [3.8, 4) is 0 Å². The summed E-state index contributed by atoms with van der Waals surface area (Å²) < 4.78 is 0. The Labute approximate surface area is 118 Å². The van der Waals surface area contributed by atoms with Crippen LogP contribution in [0.4, 0.5) is 5.69 Å². The number of nitrogens with one attached hydrogen (secondary N) is 2. The molecule has 2 bridgehead atoms. The Balaban J connectivity index is 1.73. The summed E-state index contributed by atoms with van der Waals surface area (Å²) >= 11 is 0. The van der Waals surface area contributed by atoms with Gasteiger partial charge in [0.25, 0.3) is 5.91 Å². The van der Waals surface area contributed by atoms with Crippen LogP contribution in [0.1, 0.15) is 33.1 Å². The van der Waals surface area contributed by atoms with E-state index in [1.807, 2.05) is 44.2 Å². The van der Waals surface area contributed by atoms with Gasteiger partial charge in [0.05, 0.1) is 5.69 Å². The van der Waals surface area contributed by atoms with Crippen molar-refractivity contribution >= 4 is 17.4 Å². The SMILES string of the molecule is CC1(C)C(=O)C2(C(=O)NNc3ccccc3)CCC1C2. The molecule has 2 fully saturated rings. The summed E-state index contributed by atoms with van der Waals surface area (Å²) in [5.74, 6) is 0.269. The summed E-state index contributed by atoms with van der Waals surface area (Å²) in [4.78, 5) is 25.1. The maximum Gasteiger partial charge on any atom is 0.252 e. The van der Waals surface area contributed by atoms with Crippen LogP contribution in [-0.4, -0.2) is 11.7 Å². The van der Waals surface area contributed by atoms with Crippen LogP contribution >= 0.6 is 0 Å². The Kier molecular flexibility index (Phi) is 2.85. The van der Waals surface area contributed by atoms with Crippen molar-refractivity contribution in [2.45, 2.75) is 33.1 Å². The van der Waals surface area contributed by atoms with Gasteiger partial charge in [-0.05, 0) is 37.3 Å². The third-order valence-electron chi connectivity index (χ3n) is 5.08. The zero-order chi connectivity index (χ0) is 14.4. The Morgan fingerprint density at radius 2 is 1.95 bits per heavy atom. The highest BCUT2D eigenvalue weighted by Crippen LogP contribution is 2.60. The van der Waals surface area contributed by atoms with Crippen LogP contribution in [0.2, 0.25) is 0 Å². The number of para-hydroxylation sites is 1. The molecular formula is C16H20N2O2. The van der Waals surface area contributed by atoms with E-state index in [0.717, 1.165) is 12.1 Å². The van der Waals surface area contributed by atoms with Gasteiger partial charge in [0, 0.05) is 5.41 Å². The molecule has 1 amide bonds. The van der Waals surface area contributed by atoms with Gasteiger partial charge in [-0.1, -0.05) is 32.0 Å². The monoisotopic (exact) mass is 272 g/mol. The van der Waals surface area contributed by atoms with E-state index in [2.05, 4.69) is 10.9 Å². The number of carbonyl (C=O) groups is 2. The fourth-order valence-electron chi connectivity index (χ4n) is 3.75. The predicted octanol–water partition coefficient (Wildman–Crippen LogP) is 2.53. The summed E-state index contributed by atoms with van der Waals surface area (Å²) in [6, 6.07) is 9.44. The number of Topliss-reactive ketones (excluding diaryl/α,β-unsaturated/α-hetero) is 1. The van der Waals surface area contributed by atoms with Crippen LogP contribution in [0.25, 0.3) is 0 Å². The lowest BCUT2D eigenvalue weighted by molar-refractivity contribution is -0.144. The number of hydrazine groups is 1. The predicted molar refractivity (Wildman–Crippen MR) is 76.8 cm³/mol. The second-order valence-electron chi connectivity index (χ2n) is 6.52. The van der Waals surface area contributed by atoms with Crippen LogP contribution < -0.4 is 10.9 Å². The molecule has 2 N–H and O–H groups in total. The molecule has 1 aromatic rings. The van der Waals surface area contributed by atoms with E-state index in [-0.39, 0.29) is 17.1 Å². The number of hydrogen-bond acceptors (Lipinski definition) is 3. The Hall–Kier alpha value is -1.84. The molecule has 4 nitrogen and oxygen atoms in total. The molecule has 20 heavy (non-hydrogen) atoms. The van der Waals surface area contributed by atoms with E-state index >= 15 is 0 Å². The average Bonchev–Trinajstić information content (AvgIpc) is 2.98. The van der Waals surface area contributed by atoms with Gasteiger partial charge in [-0.25, -0.2) is 0 Å². The number of ketones is 1. The highest BCUT2D eigenvalue weighted by Gasteiger charge is 2.65. The molecule has 0 aromatic heterocycles. The minimum absolute atomic E-state index is 0.105. The molecule has 0 aliphatic heterocycles. The van der Waals surface area contributed by atoms with Crippen LogP contribution in [0.3, 0.4) is 0 Å². The van der Waals surface area contributed by atoms with Crippen LogP contribution in [-0.2, 0) is 9.59 Å². The number of amides is 1. The number of carbonyl (C=O) groups excluding carboxylic acids is 2. The second kappa shape index (κ2) is 4.33. The molecule has 106 valence electrons. The van der Waals surface area contributed by atoms with Crippen LogP contribution in [0.5, 0.6) is 0 Å². The molecule has 0 heterocycles. The van der Waals surface area contributed by atoms with Crippen LogP contribution in [0.15, 0.2) is 30.3 Å². The van der Waals surface area contributed by atoms with Crippen molar-refractivity contribution in [3.63, 3.8) is 0 Å². The minimum atomic E-state index is -0.810. The normalized spacial score (nSPS) is 30.3. The molecule has 2 aliphatic rings. The first kappa shape index (κ1) is 13.2. The molecule has 1 aromatic carbocycles. The Bertz CT molecular complexity index is 553. The first-order valence-electron chi connectivity index (χ1n) is 7.13. The van der Waals surface area contributed by atoms with E-state index in [1.165, 1.54) is 0 Å². The molecule has 0 spiro atoms. The Morgan fingerprint density at radius 1 is 1.25 bits per heavy atom. The molecule has 3 rings (SSSR count). The van der Waals surface area contributed by atoms with E-state index in [9.17, 15) is 9.59 Å². The van der Waals surface area contributed by atoms with Gasteiger partial charge in [-0.3, -0.25) is 20.4 Å². The average molecular weight is 272 g/mol. The zero-order valence-electron chi connectivity index (χ0n) is 11.9. The summed E-state index contributed by atoms with van der Waals surface area (Å²) in [6.45, 7) is 3.94. The van der Waals surface area contributed by atoms with Crippen molar-refractivity contribution < 1.29 is 9.59 Å². The second-order valence-corrected chi connectivity index (χ2v) is 6.52. The van der Waals surface area contributed by atoms with Crippen molar-refractivity contribution in [1.29, 1.82) is 0 Å². The van der Waals surface area contributed by atoms with Gasteiger partial charge in [0.1, 0.15) is 5.41 Å². The number of anilines is 1. The molecule has 4 heteroatoms. The molecular weight excluding hydrogens is 252 g/mol. The maximum absolute atomic E-state index is 12.6. The molecule has 2 atom stereocenters. The number of benzene rings is 1. The van der Waals surface area contributed by atoms with Crippen molar-refractivity contribution in [2.75, 3.05) is 5.43 Å². The third-order valence-corrected chi connectivity index (χ3v) is 5.08. The topological polar surface area (TPSA) is 58.2 Å². The maximum atomic E-state index is 12.6. The third kappa shape index (κ3) is 1.74. The standard InChI is InChI=1S/C16H20N2O2/c1-15(2)11-8-9-16(10-11,13(15)19)14(20)18-17-12-6-4-3-5-7-12/h3-7,11,17H,8-10H2,1-2H3,(H,18,20). The lowest BCUT2D eigenvalue weighted by Gasteiger charge is -2.32. The highest BCUT2D eigenvalue weighted by molar-refractivity contribution is 6.11. The summed E-state index contributed by atoms with van der Waals surface area (Å²) in [7, 11) is 0. The van der Waals surface area contributed by atoms with Gasteiger partial charge in [0.15, 0.2) is 5.78 Å².